The largest absolute Gasteiger partial charge is 0.370 e. The smallest absolute Gasteiger partial charge is 0.233 e. The van der Waals surface area contributed by atoms with E-state index < -0.39 is 10.0 Å². The monoisotopic (exact) mass is 359 g/mol. The van der Waals surface area contributed by atoms with Gasteiger partial charge in [0.1, 0.15) is 18.6 Å². The van der Waals surface area contributed by atoms with Gasteiger partial charge in [-0.15, -0.1) is 0 Å². The maximum Gasteiger partial charge on any atom is 0.233 e. The van der Waals surface area contributed by atoms with Gasteiger partial charge in [0.15, 0.2) is 0 Å². The van der Waals surface area contributed by atoms with Crippen LogP contribution in [0.15, 0.2) is 29.7 Å². The van der Waals surface area contributed by atoms with Gasteiger partial charge in [0, 0.05) is 10.4 Å². The molecule has 0 unspecified atom stereocenters. The minimum atomic E-state index is -3.47. The Hall–Kier alpha value is -0.920. The summed E-state index contributed by atoms with van der Waals surface area (Å²) in [6.07, 6.45) is 1.56. The van der Waals surface area contributed by atoms with Gasteiger partial charge in [-0.2, -0.15) is 0 Å². The van der Waals surface area contributed by atoms with Crippen LogP contribution < -0.4 is 9.62 Å². The molecule has 1 aromatic carbocycles. The zero-order valence-electron chi connectivity index (χ0n) is 13.5. The molecule has 0 radical (unpaired) electrons. The van der Waals surface area contributed by atoms with E-state index >= 15 is 0 Å². The van der Waals surface area contributed by atoms with E-state index in [0.29, 0.717) is 11.6 Å². The molecule has 7 heteroatoms. The summed E-state index contributed by atoms with van der Waals surface area (Å²) < 4.78 is 32.3. The van der Waals surface area contributed by atoms with Crippen molar-refractivity contribution in [3.8, 4) is 0 Å². The molecule has 2 N–H and O–H groups in total. The fourth-order valence-electron chi connectivity index (χ4n) is 2.49. The zero-order valence-corrected chi connectivity index (χ0v) is 15.1. The molecule has 2 rings (SSSR count). The van der Waals surface area contributed by atoms with E-state index in [-0.39, 0.29) is 5.54 Å². The summed E-state index contributed by atoms with van der Waals surface area (Å²) >= 11 is 5.81. The van der Waals surface area contributed by atoms with Crippen LogP contribution in [-0.2, 0) is 14.8 Å². The molecule has 0 atom stereocenters. The van der Waals surface area contributed by atoms with Crippen LogP contribution in [0.1, 0.15) is 19.4 Å². The van der Waals surface area contributed by atoms with Gasteiger partial charge in [-0.25, -0.2) is 13.1 Å². The standard InChI is InChI=1S/C16H23ClN2O3S/c1-16(2,19-8-10-22-11-9-19)13-18-23(20,21)12-7-14-3-5-15(17)6-4-14/h3-7,12,18H,8-11,13H2,1-2H3/p+1/b12-7+. The van der Waals surface area contributed by atoms with Crippen molar-refractivity contribution in [2.24, 2.45) is 0 Å². The Morgan fingerprint density at radius 1 is 1.26 bits per heavy atom. The average molecular weight is 360 g/mol. The van der Waals surface area contributed by atoms with E-state index in [1.54, 1.807) is 30.3 Å². The summed E-state index contributed by atoms with van der Waals surface area (Å²) in [5, 5.41) is 1.82. The first-order chi connectivity index (χ1) is 10.8. The lowest BCUT2D eigenvalue weighted by Gasteiger charge is -2.37. The second-order valence-corrected chi connectivity index (χ2v) is 8.41. The number of nitrogens with one attached hydrogen (secondary N) is 2. The summed E-state index contributed by atoms with van der Waals surface area (Å²) in [5.74, 6) is 0. The zero-order chi connectivity index (χ0) is 16.9. The molecule has 0 saturated carbocycles. The minimum absolute atomic E-state index is 0.176. The van der Waals surface area contributed by atoms with Crippen LogP contribution in [0.4, 0.5) is 0 Å². The topological polar surface area (TPSA) is 59.8 Å². The van der Waals surface area contributed by atoms with Crippen molar-refractivity contribution in [1.82, 2.24) is 4.72 Å². The maximum atomic E-state index is 12.1. The number of ether oxygens (including phenoxy) is 1. The molecule has 128 valence electrons. The van der Waals surface area contributed by atoms with Gasteiger partial charge in [0.25, 0.3) is 0 Å². The predicted octanol–water partition coefficient (Wildman–Crippen LogP) is 0.924. The molecule has 0 aromatic heterocycles. The highest BCUT2D eigenvalue weighted by atomic mass is 35.5. The van der Waals surface area contributed by atoms with Crippen molar-refractivity contribution >= 4 is 27.7 Å². The Labute approximate surface area is 143 Å². The van der Waals surface area contributed by atoms with E-state index in [1.807, 2.05) is 0 Å². The number of quaternary nitrogens is 1. The van der Waals surface area contributed by atoms with E-state index in [9.17, 15) is 8.42 Å². The predicted molar refractivity (Wildman–Crippen MR) is 93.0 cm³/mol. The van der Waals surface area contributed by atoms with Crippen LogP contribution in [0.5, 0.6) is 0 Å². The number of rotatable bonds is 6. The lowest BCUT2D eigenvalue weighted by molar-refractivity contribution is -0.954. The Morgan fingerprint density at radius 3 is 2.48 bits per heavy atom. The van der Waals surface area contributed by atoms with Crippen LogP contribution in [0, 0.1) is 0 Å². The van der Waals surface area contributed by atoms with E-state index in [2.05, 4.69) is 18.6 Å². The molecule has 0 spiro atoms. The average Bonchev–Trinajstić information content (AvgIpc) is 2.54. The van der Waals surface area contributed by atoms with Gasteiger partial charge in [0.2, 0.25) is 10.0 Å². The van der Waals surface area contributed by atoms with Gasteiger partial charge in [-0.05, 0) is 37.6 Å². The molecule has 1 aliphatic heterocycles. The first-order valence-corrected chi connectivity index (χ1v) is 9.57. The molecule has 0 aliphatic carbocycles. The molecule has 0 amide bonds. The molecular formula is C16H24ClN2O3S+. The van der Waals surface area contributed by atoms with Crippen molar-refractivity contribution < 1.29 is 18.1 Å². The SMILES string of the molecule is CC(C)(CNS(=O)(=O)/C=C/c1ccc(Cl)cc1)[NH+]1CCOCC1. The number of hydrogen-bond donors (Lipinski definition) is 2. The van der Waals surface area contributed by atoms with Crippen molar-refractivity contribution in [2.75, 3.05) is 32.8 Å². The van der Waals surface area contributed by atoms with Gasteiger partial charge >= 0.3 is 0 Å². The van der Waals surface area contributed by atoms with Gasteiger partial charge < -0.3 is 9.64 Å². The first-order valence-electron chi connectivity index (χ1n) is 7.65. The van der Waals surface area contributed by atoms with Crippen LogP contribution in [-0.4, -0.2) is 46.8 Å². The molecule has 0 bridgehead atoms. The molecule has 1 fully saturated rings. The molecule has 23 heavy (non-hydrogen) atoms. The van der Waals surface area contributed by atoms with Crippen molar-refractivity contribution in [3.05, 3.63) is 40.3 Å². The van der Waals surface area contributed by atoms with Crippen molar-refractivity contribution in [1.29, 1.82) is 0 Å². The van der Waals surface area contributed by atoms with E-state index in [4.69, 9.17) is 16.3 Å². The number of halogens is 1. The summed E-state index contributed by atoms with van der Waals surface area (Å²) in [4.78, 5) is 1.35. The van der Waals surface area contributed by atoms with Gasteiger partial charge in [-0.3, -0.25) is 0 Å². The minimum Gasteiger partial charge on any atom is -0.370 e. The first kappa shape index (κ1) is 18.4. The highest BCUT2D eigenvalue weighted by Crippen LogP contribution is 2.11. The molecule has 1 aromatic rings. The second-order valence-electron chi connectivity index (χ2n) is 6.32. The fraction of sp³-hybridized carbons (Fsp3) is 0.500. The summed E-state index contributed by atoms with van der Waals surface area (Å²) in [7, 11) is -3.47. The van der Waals surface area contributed by atoms with Crippen LogP contribution >= 0.6 is 11.6 Å². The third-order valence-electron chi connectivity index (χ3n) is 4.08. The lowest BCUT2D eigenvalue weighted by Crippen LogP contribution is -3.22. The highest BCUT2D eigenvalue weighted by Gasteiger charge is 2.32. The third-order valence-corrected chi connectivity index (χ3v) is 5.37. The molecule has 1 saturated heterocycles. The molecular weight excluding hydrogens is 336 g/mol. The van der Waals surface area contributed by atoms with Gasteiger partial charge in [-0.1, -0.05) is 23.7 Å². The summed E-state index contributed by atoms with van der Waals surface area (Å²) in [6, 6.07) is 7.00. The second kappa shape index (κ2) is 7.77. The highest BCUT2D eigenvalue weighted by molar-refractivity contribution is 7.92. The van der Waals surface area contributed by atoms with Gasteiger partial charge in [0.05, 0.1) is 19.8 Å². The van der Waals surface area contributed by atoms with E-state index in [1.165, 1.54) is 10.3 Å². The summed E-state index contributed by atoms with van der Waals surface area (Å²) in [6.45, 7) is 7.77. The molecule has 1 aliphatic rings. The number of morpholine rings is 1. The molecule has 1 heterocycles. The Kier molecular flexibility index (Phi) is 6.22. The van der Waals surface area contributed by atoms with E-state index in [0.717, 1.165) is 31.9 Å². The Balaban J connectivity index is 1.93. The quantitative estimate of drug-likeness (QED) is 0.794. The normalized spacial score (nSPS) is 17.7. The lowest BCUT2D eigenvalue weighted by atomic mass is 10.0. The Bertz CT molecular complexity index is 636. The van der Waals surface area contributed by atoms with Crippen molar-refractivity contribution in [2.45, 2.75) is 19.4 Å². The van der Waals surface area contributed by atoms with Crippen LogP contribution in [0.3, 0.4) is 0 Å². The van der Waals surface area contributed by atoms with Crippen LogP contribution in [0.2, 0.25) is 5.02 Å². The molecule has 5 nitrogen and oxygen atoms in total. The number of benzene rings is 1. The number of sulfonamides is 1. The maximum absolute atomic E-state index is 12.1. The summed E-state index contributed by atoms with van der Waals surface area (Å²) in [5.41, 5.74) is 0.614. The third kappa shape index (κ3) is 5.90. The van der Waals surface area contributed by atoms with Crippen molar-refractivity contribution in [3.63, 3.8) is 0 Å². The number of hydrogen-bond acceptors (Lipinski definition) is 3. The van der Waals surface area contributed by atoms with Crippen LogP contribution in [0.25, 0.3) is 6.08 Å². The Morgan fingerprint density at radius 2 is 1.87 bits per heavy atom. The fourth-order valence-corrected chi connectivity index (χ4v) is 3.61.